The summed E-state index contributed by atoms with van der Waals surface area (Å²) in [4.78, 5) is 13.9. The Bertz CT molecular complexity index is 392. The van der Waals surface area contributed by atoms with E-state index >= 15 is 0 Å². The molecule has 1 saturated heterocycles. The van der Waals surface area contributed by atoms with Crippen molar-refractivity contribution in [3.05, 3.63) is 0 Å². The molecule has 0 spiro atoms. The zero-order valence-corrected chi connectivity index (χ0v) is 12.5. The van der Waals surface area contributed by atoms with E-state index in [4.69, 9.17) is 0 Å². The van der Waals surface area contributed by atoms with Crippen molar-refractivity contribution in [2.75, 3.05) is 18.6 Å². The SMILES string of the molecule is CC(C)CC1NC(C)N(CCCS(C)(=O)=O)C1=O. The number of sulfone groups is 1. The number of hydrogen-bond donors (Lipinski definition) is 1. The lowest BCUT2D eigenvalue weighted by Gasteiger charge is -2.20. The summed E-state index contributed by atoms with van der Waals surface area (Å²) in [6, 6.07) is -0.113. The third kappa shape index (κ3) is 4.57. The van der Waals surface area contributed by atoms with Crippen LogP contribution >= 0.6 is 0 Å². The van der Waals surface area contributed by atoms with E-state index in [0.29, 0.717) is 18.9 Å². The first kappa shape index (κ1) is 15.4. The Balaban J connectivity index is 2.49. The predicted molar refractivity (Wildman–Crippen MR) is 71.9 cm³/mol. The van der Waals surface area contributed by atoms with Crippen LogP contribution in [0.4, 0.5) is 0 Å². The van der Waals surface area contributed by atoms with Gasteiger partial charge in [-0.25, -0.2) is 8.42 Å². The summed E-state index contributed by atoms with van der Waals surface area (Å²) in [7, 11) is -2.94. The number of nitrogens with zero attached hydrogens (tertiary/aromatic N) is 1. The molecule has 5 nitrogen and oxygen atoms in total. The van der Waals surface area contributed by atoms with Crippen molar-refractivity contribution in [1.82, 2.24) is 10.2 Å². The number of carbonyl (C=O) groups is 1. The minimum Gasteiger partial charge on any atom is -0.326 e. The quantitative estimate of drug-likeness (QED) is 0.772. The first-order valence-electron chi connectivity index (χ1n) is 6.45. The molecule has 18 heavy (non-hydrogen) atoms. The summed E-state index contributed by atoms with van der Waals surface area (Å²) in [5, 5.41) is 3.26. The standard InChI is InChI=1S/C12H24N2O3S/c1-9(2)8-11-12(15)14(10(3)13-11)6-5-7-18(4,16)17/h9-11,13H,5-8H2,1-4H3. The van der Waals surface area contributed by atoms with Crippen molar-refractivity contribution in [1.29, 1.82) is 0 Å². The maximum atomic E-state index is 12.1. The molecule has 1 aliphatic heterocycles. The lowest BCUT2D eigenvalue weighted by molar-refractivity contribution is -0.130. The number of rotatable bonds is 6. The zero-order valence-electron chi connectivity index (χ0n) is 11.6. The normalized spacial score (nSPS) is 25.2. The van der Waals surface area contributed by atoms with Gasteiger partial charge in [-0.1, -0.05) is 13.8 Å². The highest BCUT2D eigenvalue weighted by atomic mass is 32.2. The van der Waals surface area contributed by atoms with E-state index in [0.717, 1.165) is 6.42 Å². The van der Waals surface area contributed by atoms with Crippen LogP contribution in [0.3, 0.4) is 0 Å². The molecule has 1 rings (SSSR count). The first-order valence-corrected chi connectivity index (χ1v) is 8.51. The molecule has 1 heterocycles. The van der Waals surface area contributed by atoms with Gasteiger partial charge >= 0.3 is 0 Å². The molecule has 2 unspecified atom stereocenters. The van der Waals surface area contributed by atoms with Crippen molar-refractivity contribution in [2.45, 2.75) is 45.8 Å². The fourth-order valence-electron chi connectivity index (χ4n) is 2.28. The molecular formula is C12H24N2O3S. The van der Waals surface area contributed by atoms with Crippen LogP contribution in [0.1, 0.15) is 33.6 Å². The van der Waals surface area contributed by atoms with Crippen LogP contribution in [-0.2, 0) is 14.6 Å². The highest BCUT2D eigenvalue weighted by Crippen LogP contribution is 2.17. The fourth-order valence-corrected chi connectivity index (χ4v) is 2.94. The van der Waals surface area contributed by atoms with Crippen molar-refractivity contribution in [3.8, 4) is 0 Å². The third-order valence-electron chi connectivity index (χ3n) is 3.11. The molecule has 2 atom stereocenters. The summed E-state index contributed by atoms with van der Waals surface area (Å²) < 4.78 is 22.1. The van der Waals surface area contributed by atoms with Gasteiger partial charge in [0.2, 0.25) is 5.91 Å². The smallest absolute Gasteiger partial charge is 0.241 e. The second-order valence-corrected chi connectivity index (χ2v) is 7.80. The fraction of sp³-hybridized carbons (Fsp3) is 0.917. The Morgan fingerprint density at radius 1 is 1.39 bits per heavy atom. The van der Waals surface area contributed by atoms with Gasteiger partial charge in [0, 0.05) is 12.8 Å². The Hall–Kier alpha value is -0.620. The summed E-state index contributed by atoms with van der Waals surface area (Å²) in [5.41, 5.74) is 0. The Morgan fingerprint density at radius 2 is 2.00 bits per heavy atom. The maximum Gasteiger partial charge on any atom is 0.241 e. The van der Waals surface area contributed by atoms with Crippen molar-refractivity contribution >= 4 is 15.7 Å². The van der Waals surface area contributed by atoms with E-state index in [1.807, 2.05) is 6.92 Å². The van der Waals surface area contributed by atoms with E-state index in [-0.39, 0.29) is 23.9 Å². The molecule has 0 aromatic rings. The topological polar surface area (TPSA) is 66.5 Å². The summed E-state index contributed by atoms with van der Waals surface area (Å²) in [6.45, 7) is 6.63. The van der Waals surface area contributed by atoms with E-state index in [2.05, 4.69) is 19.2 Å². The van der Waals surface area contributed by atoms with Crippen LogP contribution in [0.2, 0.25) is 0 Å². The lowest BCUT2D eigenvalue weighted by atomic mass is 10.0. The van der Waals surface area contributed by atoms with Gasteiger partial charge in [0.05, 0.1) is 18.0 Å². The molecule has 1 N–H and O–H groups in total. The second-order valence-electron chi connectivity index (χ2n) is 5.54. The maximum absolute atomic E-state index is 12.1. The number of hydrogen-bond acceptors (Lipinski definition) is 4. The highest BCUT2D eigenvalue weighted by molar-refractivity contribution is 7.90. The molecule has 1 aliphatic rings. The highest BCUT2D eigenvalue weighted by Gasteiger charge is 2.35. The molecular weight excluding hydrogens is 252 g/mol. The first-order chi connectivity index (χ1) is 8.20. The predicted octanol–water partition coefficient (Wildman–Crippen LogP) is 0.614. The summed E-state index contributed by atoms with van der Waals surface area (Å²) in [6.07, 6.45) is 2.56. The summed E-state index contributed by atoms with van der Waals surface area (Å²) >= 11 is 0. The van der Waals surface area contributed by atoms with Crippen LogP contribution in [0, 0.1) is 5.92 Å². The van der Waals surface area contributed by atoms with Gasteiger partial charge in [0.15, 0.2) is 0 Å². The molecule has 106 valence electrons. The number of amides is 1. The lowest BCUT2D eigenvalue weighted by Crippen LogP contribution is -2.36. The Kier molecular flexibility index (Phi) is 5.16. The van der Waals surface area contributed by atoms with Crippen molar-refractivity contribution < 1.29 is 13.2 Å². The largest absolute Gasteiger partial charge is 0.326 e. The van der Waals surface area contributed by atoms with Crippen LogP contribution in [0.15, 0.2) is 0 Å². The number of carbonyl (C=O) groups excluding carboxylic acids is 1. The molecule has 0 saturated carbocycles. The van der Waals surface area contributed by atoms with Gasteiger partial charge < -0.3 is 4.90 Å². The van der Waals surface area contributed by atoms with E-state index in [1.54, 1.807) is 4.90 Å². The average Bonchev–Trinajstić information content (AvgIpc) is 2.42. The second kappa shape index (κ2) is 6.02. The van der Waals surface area contributed by atoms with Gasteiger partial charge in [0.25, 0.3) is 0 Å². The van der Waals surface area contributed by atoms with Crippen LogP contribution in [-0.4, -0.2) is 50.0 Å². The molecule has 0 bridgehead atoms. The molecule has 0 aromatic carbocycles. The van der Waals surface area contributed by atoms with Gasteiger partial charge in [-0.3, -0.25) is 10.1 Å². The number of nitrogens with one attached hydrogen (secondary N) is 1. The van der Waals surface area contributed by atoms with Crippen molar-refractivity contribution in [2.24, 2.45) is 5.92 Å². The minimum absolute atomic E-state index is 0.000750. The monoisotopic (exact) mass is 276 g/mol. The van der Waals surface area contributed by atoms with E-state index < -0.39 is 9.84 Å². The van der Waals surface area contributed by atoms with Crippen molar-refractivity contribution in [3.63, 3.8) is 0 Å². The molecule has 1 amide bonds. The van der Waals surface area contributed by atoms with Gasteiger partial charge in [-0.2, -0.15) is 0 Å². The molecule has 0 aromatic heterocycles. The van der Waals surface area contributed by atoms with E-state index in [1.165, 1.54) is 6.26 Å². The molecule has 0 radical (unpaired) electrons. The van der Waals surface area contributed by atoms with Gasteiger partial charge in [-0.15, -0.1) is 0 Å². The van der Waals surface area contributed by atoms with E-state index in [9.17, 15) is 13.2 Å². The average molecular weight is 276 g/mol. The van der Waals surface area contributed by atoms with Crippen LogP contribution < -0.4 is 5.32 Å². The van der Waals surface area contributed by atoms with Gasteiger partial charge in [-0.05, 0) is 25.7 Å². The molecule has 6 heteroatoms. The minimum atomic E-state index is -2.94. The molecule has 0 aliphatic carbocycles. The summed E-state index contributed by atoms with van der Waals surface area (Å²) in [5.74, 6) is 0.706. The molecule has 1 fully saturated rings. The van der Waals surface area contributed by atoms with Crippen LogP contribution in [0.5, 0.6) is 0 Å². The Labute approximate surface area is 110 Å². The van der Waals surface area contributed by atoms with Gasteiger partial charge in [0.1, 0.15) is 9.84 Å². The Morgan fingerprint density at radius 3 is 2.50 bits per heavy atom. The van der Waals surface area contributed by atoms with Crippen LogP contribution in [0.25, 0.3) is 0 Å². The third-order valence-corrected chi connectivity index (χ3v) is 4.14. The zero-order chi connectivity index (χ0) is 13.9.